The molecule has 0 saturated carbocycles. The summed E-state index contributed by atoms with van der Waals surface area (Å²) in [6, 6.07) is 0. The Balaban J connectivity index is 1.97. The second kappa shape index (κ2) is 3.88. The summed E-state index contributed by atoms with van der Waals surface area (Å²) in [5.41, 5.74) is 0. The topological polar surface area (TPSA) is 26.0 Å². The van der Waals surface area contributed by atoms with E-state index in [1.54, 1.807) is 0 Å². The summed E-state index contributed by atoms with van der Waals surface area (Å²) in [7, 11) is 0. The van der Waals surface area contributed by atoms with Crippen molar-refractivity contribution < 1.29 is 0 Å². The molecule has 24 valence electrons. The van der Waals surface area contributed by atoms with Crippen LogP contribution in [0, 0.1) is 0 Å². The second-order valence-corrected chi connectivity index (χ2v) is 4.89. The van der Waals surface area contributed by atoms with Crippen molar-refractivity contribution in [1.82, 2.24) is 0 Å². The molecule has 0 fully saturated rings. The van der Waals surface area contributed by atoms with E-state index in [-0.39, 0.29) is 0 Å². The van der Waals surface area contributed by atoms with Crippen LogP contribution in [-0.4, -0.2) is 24.5 Å². The Morgan fingerprint density at radius 2 is 2.25 bits per heavy atom. The van der Waals surface area contributed by atoms with E-state index in [9.17, 15) is 0 Å². The van der Waals surface area contributed by atoms with E-state index < -0.39 is 24.5 Å². The molecule has 2 heteroatoms. The molecule has 0 amide bonds. The van der Waals surface area contributed by atoms with Crippen molar-refractivity contribution in [2.45, 2.75) is 10.9 Å². The van der Waals surface area contributed by atoms with Gasteiger partial charge < -0.3 is 0 Å². The quantitative estimate of drug-likeness (QED) is 0.653. The maximum absolute atomic E-state index is 5.22. The predicted molar refractivity (Wildman–Crippen MR) is 20.4 cm³/mol. The van der Waals surface area contributed by atoms with Crippen LogP contribution < -0.4 is 3.54 Å². The molecule has 0 rings (SSSR count). The van der Waals surface area contributed by atoms with E-state index in [1.807, 2.05) is 0 Å². The second-order valence-electron chi connectivity index (χ2n) is 0.558. The third-order valence-corrected chi connectivity index (χ3v) is 1.79. The zero-order valence-electron chi connectivity index (χ0n) is 2.78. The first-order valence-corrected chi connectivity index (χ1v) is 6.34. The van der Waals surface area contributed by atoms with E-state index in [0.717, 1.165) is 0 Å². The van der Waals surface area contributed by atoms with Gasteiger partial charge in [0.2, 0.25) is 0 Å². The molecule has 1 nitrogen and oxygen atoms in total. The third-order valence-electron chi connectivity index (χ3n) is 0.204. The summed E-state index contributed by atoms with van der Waals surface area (Å²) in [6.45, 7) is 2.14. The minimum atomic E-state index is -0.434. The van der Waals surface area contributed by atoms with Gasteiger partial charge >= 0.3 is 39.0 Å². The van der Waals surface area contributed by atoms with Crippen molar-refractivity contribution in [3.05, 3.63) is 0 Å². The van der Waals surface area contributed by atoms with Crippen molar-refractivity contribution in [3.8, 4) is 0 Å². The standard InChI is InChI=1S/C2H5.H2N.Pb/c1-2;;/h1H2,2H3;1H2;/q;-1;+1. The monoisotopic (exact) mass is 253 g/mol. The molecule has 0 aromatic carbocycles. The van der Waals surface area contributed by atoms with Crippen LogP contribution in [0.5, 0.6) is 0 Å². The van der Waals surface area contributed by atoms with Gasteiger partial charge in [0.15, 0.2) is 0 Å². The van der Waals surface area contributed by atoms with Crippen LogP contribution in [0.2, 0.25) is 3.98 Å². The van der Waals surface area contributed by atoms with E-state index in [2.05, 4.69) is 6.92 Å². The van der Waals surface area contributed by atoms with Gasteiger partial charge in [0.1, 0.15) is 0 Å². The molecule has 0 spiro atoms. The average Bonchev–Trinajstić information content (AvgIpc) is 1.37. The fraction of sp³-hybridized carbons (Fsp3) is 1.00. The predicted octanol–water partition coefficient (Wildman–Crippen LogP) is 0.00250. The number of hydrogen-bond donors (Lipinski definition) is 1. The minimum absolute atomic E-state index is 0.434. The van der Waals surface area contributed by atoms with Crippen LogP contribution in [0.1, 0.15) is 6.92 Å². The first-order valence-electron chi connectivity index (χ1n) is 1.35. The molecule has 0 atom stereocenters. The van der Waals surface area contributed by atoms with E-state index >= 15 is 0 Å². The molecule has 4 heavy (non-hydrogen) atoms. The molecule has 0 heterocycles. The van der Waals surface area contributed by atoms with Gasteiger partial charge in [-0.15, -0.1) is 0 Å². The molecule has 0 saturated heterocycles. The summed E-state index contributed by atoms with van der Waals surface area (Å²) >= 11 is -0.434. The van der Waals surface area contributed by atoms with Crippen LogP contribution in [0.15, 0.2) is 0 Å². The van der Waals surface area contributed by atoms with Crippen LogP contribution in [0.4, 0.5) is 0 Å². The van der Waals surface area contributed by atoms with Crippen LogP contribution in [0.25, 0.3) is 0 Å². The van der Waals surface area contributed by atoms with Gasteiger partial charge in [-0.25, -0.2) is 0 Å². The molecule has 2 N–H and O–H groups in total. The van der Waals surface area contributed by atoms with Gasteiger partial charge in [0, 0.05) is 0 Å². The first kappa shape index (κ1) is 4.88. The Labute approximate surface area is 39.2 Å². The van der Waals surface area contributed by atoms with Crippen molar-refractivity contribution >= 4 is 24.5 Å². The van der Waals surface area contributed by atoms with Gasteiger partial charge in [-0.1, -0.05) is 0 Å². The SMILES string of the molecule is C[CH2][Pb][NH2]. The van der Waals surface area contributed by atoms with Gasteiger partial charge in [0.25, 0.3) is 0 Å². The Morgan fingerprint density at radius 3 is 2.25 bits per heavy atom. The van der Waals surface area contributed by atoms with Gasteiger partial charge in [0.05, 0.1) is 0 Å². The molecule has 0 bridgehead atoms. The molecular formula is C2H7NPb. The van der Waals surface area contributed by atoms with Crippen molar-refractivity contribution in [3.63, 3.8) is 0 Å². The Kier molecular flexibility index (Phi) is 4.74. The van der Waals surface area contributed by atoms with Gasteiger partial charge in [-0.3, -0.25) is 0 Å². The number of rotatable bonds is 1. The number of hydrogen-bond acceptors (Lipinski definition) is 1. The Bertz CT molecular complexity index is 8.00. The summed E-state index contributed by atoms with van der Waals surface area (Å²) in [6.07, 6.45) is 0. The summed E-state index contributed by atoms with van der Waals surface area (Å²) in [5, 5.41) is 0. The van der Waals surface area contributed by atoms with Gasteiger partial charge in [-0.2, -0.15) is 0 Å². The van der Waals surface area contributed by atoms with Crippen LogP contribution in [-0.2, 0) is 0 Å². The van der Waals surface area contributed by atoms with Crippen molar-refractivity contribution in [2.24, 2.45) is 3.54 Å². The van der Waals surface area contributed by atoms with Crippen LogP contribution in [0.3, 0.4) is 0 Å². The maximum atomic E-state index is 5.22. The fourth-order valence-corrected chi connectivity index (χ4v) is 0. The van der Waals surface area contributed by atoms with Crippen molar-refractivity contribution in [1.29, 1.82) is 0 Å². The molecule has 0 unspecified atom stereocenters. The van der Waals surface area contributed by atoms with Crippen LogP contribution >= 0.6 is 0 Å². The van der Waals surface area contributed by atoms with E-state index in [4.69, 9.17) is 3.54 Å². The zero-order chi connectivity index (χ0) is 3.41. The molecule has 0 aliphatic carbocycles. The van der Waals surface area contributed by atoms with Gasteiger partial charge in [-0.05, 0) is 0 Å². The zero-order valence-corrected chi connectivity index (χ0v) is 6.67. The summed E-state index contributed by atoms with van der Waals surface area (Å²) in [5.74, 6) is 0. The molecule has 0 aromatic heterocycles. The summed E-state index contributed by atoms with van der Waals surface area (Å²) < 4.78 is 6.51. The van der Waals surface area contributed by atoms with Crippen molar-refractivity contribution in [2.75, 3.05) is 0 Å². The number of nitrogens with two attached hydrogens (primary N) is 1. The normalized spacial score (nSPS) is 7.50. The molecule has 0 aliphatic heterocycles. The molecule has 0 aromatic rings. The Hall–Kier alpha value is 0.882. The summed E-state index contributed by atoms with van der Waals surface area (Å²) in [4.78, 5) is 0. The molecule has 0 aliphatic rings. The molecule has 2 radical (unpaired) electrons. The average molecular weight is 252 g/mol. The third kappa shape index (κ3) is 2.88. The van der Waals surface area contributed by atoms with E-state index in [0.29, 0.717) is 0 Å². The molecular weight excluding hydrogens is 245 g/mol. The van der Waals surface area contributed by atoms with E-state index in [1.165, 1.54) is 3.98 Å². The Morgan fingerprint density at radius 1 is 2.00 bits per heavy atom. The fourth-order valence-electron chi connectivity index (χ4n) is 0. The first-order chi connectivity index (χ1) is 1.91.